The Kier molecular flexibility index (Phi) is 7.61. The third-order valence-electron chi connectivity index (χ3n) is 7.60. The summed E-state index contributed by atoms with van der Waals surface area (Å²) >= 11 is 0. The number of hydrogen-bond donors (Lipinski definition) is 4. The van der Waals surface area contributed by atoms with Crippen molar-refractivity contribution in [3.8, 4) is 0 Å². The molecule has 2 atom stereocenters. The number of nitrogens with one attached hydrogen (secondary N) is 3. The molecule has 2 amide bonds. The van der Waals surface area contributed by atoms with Gasteiger partial charge >= 0.3 is 0 Å². The largest absolute Gasteiger partial charge is 0.396 e. The van der Waals surface area contributed by atoms with Crippen molar-refractivity contribution in [2.75, 3.05) is 20.7 Å². The Balaban J connectivity index is 1.79. The fourth-order valence-electron chi connectivity index (χ4n) is 6.23. The molecule has 0 aromatic rings. The van der Waals surface area contributed by atoms with Crippen molar-refractivity contribution in [3.63, 3.8) is 0 Å². The molecule has 4 aliphatic rings. The van der Waals surface area contributed by atoms with E-state index in [9.17, 15) is 23.5 Å². The van der Waals surface area contributed by atoms with Gasteiger partial charge < -0.3 is 21.1 Å². The number of aliphatic hydroxyl groups is 1. The zero-order valence-corrected chi connectivity index (χ0v) is 19.8. The predicted molar refractivity (Wildman–Crippen MR) is 123 cm³/mol. The highest BCUT2D eigenvalue weighted by molar-refractivity contribution is 6.13. The van der Waals surface area contributed by atoms with Gasteiger partial charge in [-0.1, -0.05) is 6.08 Å². The molecule has 0 aromatic carbocycles. The Morgan fingerprint density at radius 2 is 1.85 bits per heavy atom. The molecule has 4 saturated carbocycles. The first-order chi connectivity index (χ1) is 15.6. The van der Waals surface area contributed by atoms with E-state index in [2.05, 4.69) is 20.9 Å². The van der Waals surface area contributed by atoms with Crippen molar-refractivity contribution in [2.24, 2.45) is 33.6 Å². The van der Waals surface area contributed by atoms with Gasteiger partial charge in [-0.15, -0.1) is 0 Å². The lowest BCUT2D eigenvalue weighted by Crippen LogP contribution is -2.60. The van der Waals surface area contributed by atoms with Gasteiger partial charge in [0, 0.05) is 33.0 Å². The number of carbonyl (C=O) groups is 2. The molecule has 184 valence electrons. The molecule has 0 aromatic heterocycles. The van der Waals surface area contributed by atoms with Crippen molar-refractivity contribution in [2.45, 2.75) is 58.4 Å². The lowest BCUT2D eigenvalue weighted by Gasteiger charge is -2.59. The number of rotatable bonds is 9. The van der Waals surface area contributed by atoms with Crippen LogP contribution in [0.2, 0.25) is 0 Å². The number of allylic oxidation sites excluding steroid dienone is 1. The van der Waals surface area contributed by atoms with Gasteiger partial charge in [0.25, 0.3) is 12.3 Å². The Labute approximate surface area is 194 Å². The molecular formula is C24H36F2N4O3. The van der Waals surface area contributed by atoms with Crippen LogP contribution in [0.15, 0.2) is 28.5 Å². The summed E-state index contributed by atoms with van der Waals surface area (Å²) in [6.45, 7) is 3.48. The summed E-state index contributed by atoms with van der Waals surface area (Å²) in [6.07, 6.45) is 5.71. The first-order valence-corrected chi connectivity index (χ1v) is 11.6. The van der Waals surface area contributed by atoms with Crippen LogP contribution in [-0.4, -0.2) is 56.3 Å². The smallest absolute Gasteiger partial charge is 0.279 e. The number of aliphatic hydroxyl groups excluding tert-OH is 1. The van der Waals surface area contributed by atoms with Crippen LogP contribution in [0.5, 0.6) is 0 Å². The van der Waals surface area contributed by atoms with Gasteiger partial charge in [-0.05, 0) is 75.3 Å². The first-order valence-electron chi connectivity index (χ1n) is 11.6. The average Bonchev–Trinajstić information content (AvgIpc) is 2.76. The molecule has 0 saturated heterocycles. The normalized spacial score (nSPS) is 31.9. The topological polar surface area (TPSA) is 103 Å². The minimum absolute atomic E-state index is 0.0423. The van der Waals surface area contributed by atoms with Crippen LogP contribution in [0.4, 0.5) is 8.78 Å². The molecule has 7 nitrogen and oxygen atoms in total. The minimum atomic E-state index is -2.94. The van der Waals surface area contributed by atoms with Crippen LogP contribution >= 0.6 is 0 Å². The quantitative estimate of drug-likeness (QED) is 0.310. The summed E-state index contributed by atoms with van der Waals surface area (Å²) in [5.41, 5.74) is -1.74. The van der Waals surface area contributed by atoms with Crippen LogP contribution in [0.1, 0.15) is 46.0 Å². The molecule has 2 unspecified atom stereocenters. The number of alkyl halides is 2. The van der Waals surface area contributed by atoms with Gasteiger partial charge in [0.1, 0.15) is 0 Å². The monoisotopic (exact) mass is 466 g/mol. The van der Waals surface area contributed by atoms with Crippen molar-refractivity contribution in [3.05, 3.63) is 23.5 Å². The standard InChI is InChI=1S/C24H36F2N4O3/c1-23(2,22(33)28-4)5-6-29-19(20(25)26)17(12-27-3)21(32)30-18-15-7-14-8-16(18)11-24(9-14,10-15)13-31/h5-6,12,14-16,18,20,29,31H,7-11,13H2,1-4H3,(H,28,33)(H,30,32)/b6-5+,19-17+,27-12-/t14?,15?,16?,18-,24+. The van der Waals surface area contributed by atoms with Crippen LogP contribution in [0.3, 0.4) is 0 Å². The van der Waals surface area contributed by atoms with Crippen LogP contribution in [0.25, 0.3) is 0 Å². The maximum absolute atomic E-state index is 13.9. The number of nitrogens with zero attached hydrogens (tertiary/aromatic N) is 1. The third-order valence-corrected chi connectivity index (χ3v) is 7.60. The number of amides is 2. The zero-order chi connectivity index (χ0) is 24.4. The molecule has 4 fully saturated rings. The molecule has 33 heavy (non-hydrogen) atoms. The highest BCUT2D eigenvalue weighted by Crippen LogP contribution is 2.59. The van der Waals surface area contributed by atoms with E-state index in [0.717, 1.165) is 38.3 Å². The molecule has 4 bridgehead atoms. The third kappa shape index (κ3) is 5.28. The molecule has 4 N–H and O–H groups in total. The molecule has 4 rings (SSSR count). The molecule has 0 radical (unpaired) electrons. The van der Waals surface area contributed by atoms with Crippen molar-refractivity contribution < 1.29 is 23.5 Å². The SMILES string of the molecule is C/N=C\C(C(=O)N[C@H]1C2CC3CC1C[C@@](CO)(C3)C2)=C(/N/C=C/C(C)(C)C(=O)NC)C(F)F. The maximum Gasteiger partial charge on any atom is 0.279 e. The molecule has 0 spiro atoms. The summed E-state index contributed by atoms with van der Waals surface area (Å²) in [5, 5.41) is 18.0. The Morgan fingerprint density at radius 1 is 1.21 bits per heavy atom. The second-order valence-corrected chi connectivity index (χ2v) is 10.4. The number of aliphatic imine (C=N–C) groups is 1. The van der Waals surface area contributed by atoms with E-state index in [4.69, 9.17) is 0 Å². The summed E-state index contributed by atoms with van der Waals surface area (Å²) in [4.78, 5) is 28.9. The van der Waals surface area contributed by atoms with E-state index >= 15 is 0 Å². The van der Waals surface area contributed by atoms with Gasteiger partial charge in [0.15, 0.2) is 0 Å². The van der Waals surface area contributed by atoms with Gasteiger partial charge in [-0.3, -0.25) is 14.6 Å². The minimum Gasteiger partial charge on any atom is -0.396 e. The number of halogens is 2. The van der Waals surface area contributed by atoms with Crippen molar-refractivity contribution in [1.82, 2.24) is 16.0 Å². The highest BCUT2D eigenvalue weighted by Gasteiger charge is 2.55. The van der Waals surface area contributed by atoms with Crippen LogP contribution < -0.4 is 16.0 Å². The van der Waals surface area contributed by atoms with Gasteiger partial charge in [0.05, 0.1) is 16.7 Å². The van der Waals surface area contributed by atoms with E-state index in [-0.39, 0.29) is 41.4 Å². The summed E-state index contributed by atoms with van der Waals surface area (Å²) in [6, 6.07) is -0.0874. The molecular weight excluding hydrogens is 430 g/mol. The second-order valence-electron chi connectivity index (χ2n) is 10.4. The van der Waals surface area contributed by atoms with Crippen molar-refractivity contribution in [1.29, 1.82) is 0 Å². The number of carbonyl (C=O) groups excluding carboxylic acids is 2. The fraction of sp³-hybridized carbons (Fsp3) is 0.708. The van der Waals surface area contributed by atoms with Crippen LogP contribution in [0, 0.1) is 28.6 Å². The first kappa shape index (κ1) is 25.3. The lowest BCUT2D eigenvalue weighted by atomic mass is 9.48. The van der Waals surface area contributed by atoms with E-state index < -0.39 is 23.4 Å². The summed E-state index contributed by atoms with van der Waals surface area (Å²) in [7, 11) is 2.93. The average molecular weight is 467 g/mol. The molecule has 0 heterocycles. The van der Waals surface area contributed by atoms with E-state index in [1.165, 1.54) is 26.4 Å². The number of hydrogen-bond acceptors (Lipinski definition) is 5. The van der Waals surface area contributed by atoms with Gasteiger partial charge in [-0.25, -0.2) is 8.78 Å². The molecule has 4 aliphatic carbocycles. The summed E-state index contributed by atoms with van der Waals surface area (Å²) in [5.74, 6) is 0.227. The van der Waals surface area contributed by atoms with E-state index in [0.29, 0.717) is 5.92 Å². The molecule has 9 heteroatoms. The van der Waals surface area contributed by atoms with E-state index in [1.807, 2.05) is 0 Å². The van der Waals surface area contributed by atoms with Crippen molar-refractivity contribution >= 4 is 18.0 Å². The Morgan fingerprint density at radius 3 is 2.36 bits per heavy atom. The predicted octanol–water partition coefficient (Wildman–Crippen LogP) is 2.39. The second kappa shape index (κ2) is 9.91. The highest BCUT2D eigenvalue weighted by atomic mass is 19.3. The fourth-order valence-corrected chi connectivity index (χ4v) is 6.23. The Hall–Kier alpha value is -2.29. The van der Waals surface area contributed by atoms with E-state index in [1.54, 1.807) is 13.8 Å². The Bertz CT molecular complexity index is 837. The maximum atomic E-state index is 13.9. The summed E-state index contributed by atoms with van der Waals surface area (Å²) < 4.78 is 27.9. The van der Waals surface area contributed by atoms with Gasteiger partial charge in [0.2, 0.25) is 5.91 Å². The zero-order valence-electron chi connectivity index (χ0n) is 19.8. The molecule has 0 aliphatic heterocycles. The van der Waals surface area contributed by atoms with Gasteiger partial charge in [-0.2, -0.15) is 0 Å². The lowest BCUT2D eigenvalue weighted by molar-refractivity contribution is -0.127. The van der Waals surface area contributed by atoms with Crippen LogP contribution in [-0.2, 0) is 9.59 Å².